The van der Waals surface area contributed by atoms with E-state index in [0.717, 1.165) is 11.1 Å². The molecule has 1 unspecified atom stereocenters. The maximum Gasteiger partial charge on any atom is 0.243 e. The molecule has 1 aromatic rings. The van der Waals surface area contributed by atoms with Gasteiger partial charge < -0.3 is 0 Å². The predicted molar refractivity (Wildman–Crippen MR) is 108 cm³/mol. The summed E-state index contributed by atoms with van der Waals surface area (Å²) in [5, 5.41) is 0. The van der Waals surface area contributed by atoms with E-state index in [9.17, 15) is 13.2 Å². The Balaban J connectivity index is 1.97. The Morgan fingerprint density at radius 2 is 1.70 bits per heavy atom. The summed E-state index contributed by atoms with van der Waals surface area (Å²) in [7, 11) is -3.54. The summed E-state index contributed by atoms with van der Waals surface area (Å²) in [5.74, 6) is 0.0351. The summed E-state index contributed by atoms with van der Waals surface area (Å²) in [5.41, 5.74) is 1.08. The fraction of sp³-hybridized carbons (Fsp3) is 0.500. The molecule has 0 amide bonds. The summed E-state index contributed by atoms with van der Waals surface area (Å²) in [6.45, 7) is 9.92. The maximum atomic E-state index is 13.3. The molecule has 1 aliphatic carbocycles. The van der Waals surface area contributed by atoms with Crippen LogP contribution < -0.4 is 0 Å². The van der Waals surface area contributed by atoms with E-state index < -0.39 is 15.6 Å². The molecular weight excluding hydrogens is 358 g/mol. The maximum absolute atomic E-state index is 13.3. The van der Waals surface area contributed by atoms with Gasteiger partial charge in [-0.15, -0.1) is 0 Å². The van der Waals surface area contributed by atoms with Crippen molar-refractivity contribution in [3.8, 4) is 0 Å². The van der Waals surface area contributed by atoms with Gasteiger partial charge in [-0.2, -0.15) is 4.31 Å². The van der Waals surface area contributed by atoms with Crippen LogP contribution in [0.25, 0.3) is 0 Å². The summed E-state index contributed by atoms with van der Waals surface area (Å²) in [4.78, 5) is 12.5. The molecule has 1 aliphatic heterocycles. The lowest BCUT2D eigenvalue weighted by Crippen LogP contribution is -2.21. The Bertz CT molecular complexity index is 909. The van der Waals surface area contributed by atoms with Crippen LogP contribution >= 0.6 is 0 Å². The van der Waals surface area contributed by atoms with Crippen molar-refractivity contribution in [1.82, 2.24) is 4.31 Å². The van der Waals surface area contributed by atoms with Crippen molar-refractivity contribution < 1.29 is 13.2 Å². The Hall–Kier alpha value is -1.72. The van der Waals surface area contributed by atoms with Crippen molar-refractivity contribution in [2.45, 2.75) is 70.4 Å². The Morgan fingerprint density at radius 3 is 2.33 bits per heavy atom. The third kappa shape index (κ3) is 3.81. The van der Waals surface area contributed by atoms with Gasteiger partial charge in [-0.25, -0.2) is 8.42 Å². The molecule has 2 aliphatic rings. The number of hydrogen-bond donors (Lipinski definition) is 0. The standard InChI is InChI=1S/C22H29NO3S/c1-16-8-10-18(11-9-16)27(25,26)23-20-15-21(3,4)14-12-19(24)17(2)7-6-13-22(20,23)5/h7-12,14,20H,6,13,15H2,1-5H3/b14-12+,17-7+/t20-,22+,23?/m1/s1. The summed E-state index contributed by atoms with van der Waals surface area (Å²) in [6.07, 6.45) is 7.59. The van der Waals surface area contributed by atoms with Crippen LogP contribution in [0.3, 0.4) is 0 Å². The zero-order valence-corrected chi connectivity index (χ0v) is 17.6. The van der Waals surface area contributed by atoms with Gasteiger partial charge in [0.05, 0.1) is 10.4 Å². The molecular formula is C22H29NO3S. The van der Waals surface area contributed by atoms with Crippen LogP contribution in [-0.2, 0) is 14.8 Å². The average molecular weight is 388 g/mol. The van der Waals surface area contributed by atoms with Crippen molar-refractivity contribution in [1.29, 1.82) is 0 Å². The Morgan fingerprint density at radius 1 is 1.07 bits per heavy atom. The van der Waals surface area contributed by atoms with Gasteiger partial charge in [-0.3, -0.25) is 4.79 Å². The number of allylic oxidation sites excluding steroid dienone is 4. The van der Waals surface area contributed by atoms with Gasteiger partial charge in [-0.05, 0) is 69.2 Å². The first kappa shape index (κ1) is 20.0. The van der Waals surface area contributed by atoms with Crippen LogP contribution in [-0.4, -0.2) is 30.1 Å². The number of rotatable bonds is 2. The second-order valence-corrected chi connectivity index (χ2v) is 10.6. The van der Waals surface area contributed by atoms with Crippen molar-refractivity contribution in [3.05, 3.63) is 53.6 Å². The molecule has 4 nitrogen and oxygen atoms in total. The first-order valence-corrected chi connectivity index (χ1v) is 10.9. The van der Waals surface area contributed by atoms with Gasteiger partial charge in [0.25, 0.3) is 0 Å². The van der Waals surface area contributed by atoms with Gasteiger partial charge in [0, 0.05) is 6.04 Å². The molecule has 1 heterocycles. The third-order valence-corrected chi connectivity index (χ3v) is 7.97. The zero-order valence-electron chi connectivity index (χ0n) is 16.8. The Kier molecular flexibility index (Phi) is 4.98. The highest BCUT2D eigenvalue weighted by Crippen LogP contribution is 2.53. The number of ketones is 1. The highest BCUT2D eigenvalue weighted by molar-refractivity contribution is 7.89. The van der Waals surface area contributed by atoms with E-state index in [2.05, 4.69) is 13.8 Å². The SMILES string of the molecule is C/C1=C\CC[C@@]2(C)[C@@H](CC(C)(C)/C=C/C1=O)N2S(=O)(=O)c1ccc(C)cc1. The van der Waals surface area contributed by atoms with Gasteiger partial charge in [0.2, 0.25) is 10.0 Å². The average Bonchev–Trinajstić information content (AvgIpc) is 3.16. The molecule has 27 heavy (non-hydrogen) atoms. The van der Waals surface area contributed by atoms with Crippen LogP contribution in [0, 0.1) is 12.3 Å². The number of sulfonamides is 1. The highest BCUT2D eigenvalue weighted by atomic mass is 32.2. The summed E-state index contributed by atoms with van der Waals surface area (Å²) in [6, 6.07) is 7.00. The van der Waals surface area contributed by atoms with E-state index in [1.54, 1.807) is 22.5 Å². The topological polar surface area (TPSA) is 54.2 Å². The lowest BCUT2D eigenvalue weighted by atomic mass is 9.84. The molecule has 1 saturated heterocycles. The van der Waals surface area contributed by atoms with Crippen LogP contribution in [0.4, 0.5) is 0 Å². The molecule has 0 spiro atoms. The molecule has 146 valence electrons. The third-order valence-electron chi connectivity index (χ3n) is 5.91. The minimum Gasteiger partial charge on any atom is -0.290 e. The number of fused-ring (bicyclic) bond motifs is 1. The normalized spacial score (nSPS) is 34.0. The molecule has 3 atom stereocenters. The molecule has 1 aromatic carbocycles. The van der Waals surface area contributed by atoms with Crippen molar-refractivity contribution in [2.24, 2.45) is 5.41 Å². The van der Waals surface area contributed by atoms with E-state index in [0.29, 0.717) is 24.2 Å². The molecule has 5 heteroatoms. The zero-order chi connectivity index (χ0) is 20.0. The quantitative estimate of drug-likeness (QED) is 0.707. The molecule has 0 bridgehead atoms. The minimum atomic E-state index is -3.54. The molecule has 1 fully saturated rings. The van der Waals surface area contributed by atoms with E-state index in [1.165, 1.54) is 0 Å². The van der Waals surface area contributed by atoms with Crippen LogP contribution in [0.2, 0.25) is 0 Å². The highest BCUT2D eigenvalue weighted by Gasteiger charge is 2.65. The number of benzene rings is 1. The molecule has 0 radical (unpaired) electrons. The molecule has 0 saturated carbocycles. The van der Waals surface area contributed by atoms with E-state index in [4.69, 9.17) is 0 Å². The number of carbonyl (C=O) groups is 1. The second kappa shape index (κ2) is 6.71. The fourth-order valence-electron chi connectivity index (χ4n) is 4.00. The number of hydrogen-bond acceptors (Lipinski definition) is 3. The van der Waals surface area contributed by atoms with Crippen LogP contribution in [0.5, 0.6) is 0 Å². The summed E-state index contributed by atoms with van der Waals surface area (Å²) >= 11 is 0. The lowest BCUT2D eigenvalue weighted by Gasteiger charge is -2.20. The number of carbonyl (C=O) groups excluding carboxylic acids is 1. The molecule has 3 rings (SSSR count). The second-order valence-electron chi connectivity index (χ2n) is 8.80. The van der Waals surface area contributed by atoms with E-state index in [-0.39, 0.29) is 17.2 Å². The van der Waals surface area contributed by atoms with Gasteiger partial charge in [-0.1, -0.05) is 43.7 Å². The first-order valence-electron chi connectivity index (χ1n) is 9.49. The van der Waals surface area contributed by atoms with Crippen LogP contribution in [0.15, 0.2) is 53.0 Å². The van der Waals surface area contributed by atoms with Gasteiger partial charge in [0.15, 0.2) is 5.78 Å². The largest absolute Gasteiger partial charge is 0.290 e. The number of nitrogens with zero attached hydrogens (tertiary/aromatic N) is 1. The van der Waals surface area contributed by atoms with Gasteiger partial charge in [0.1, 0.15) is 0 Å². The molecule has 0 aromatic heterocycles. The number of aryl methyl sites for hydroxylation is 1. The van der Waals surface area contributed by atoms with E-state index in [1.807, 2.05) is 45.1 Å². The van der Waals surface area contributed by atoms with Crippen molar-refractivity contribution >= 4 is 15.8 Å². The van der Waals surface area contributed by atoms with Crippen LogP contribution in [0.1, 0.15) is 52.5 Å². The minimum absolute atomic E-state index is 0.0351. The summed E-state index contributed by atoms with van der Waals surface area (Å²) < 4.78 is 28.3. The predicted octanol–water partition coefficient (Wildman–Crippen LogP) is 4.41. The van der Waals surface area contributed by atoms with Crippen molar-refractivity contribution in [2.75, 3.05) is 0 Å². The van der Waals surface area contributed by atoms with E-state index >= 15 is 0 Å². The first-order chi connectivity index (χ1) is 12.5. The fourth-order valence-corrected chi connectivity index (χ4v) is 6.05. The Labute approximate surface area is 163 Å². The van der Waals surface area contributed by atoms with Gasteiger partial charge >= 0.3 is 0 Å². The smallest absolute Gasteiger partial charge is 0.243 e. The van der Waals surface area contributed by atoms with Crippen molar-refractivity contribution in [3.63, 3.8) is 0 Å². The monoisotopic (exact) mass is 387 g/mol. The molecule has 0 N–H and O–H groups in total. The lowest BCUT2D eigenvalue weighted by molar-refractivity contribution is -0.111.